The van der Waals surface area contributed by atoms with Crippen LogP contribution in [0.4, 0.5) is 0 Å². The quantitative estimate of drug-likeness (QED) is 0.160. The molecule has 0 spiro atoms. The minimum Gasteiger partial charge on any atom is -0.344 e. The van der Waals surface area contributed by atoms with Gasteiger partial charge in [0.2, 0.25) is 0 Å². The summed E-state index contributed by atoms with van der Waals surface area (Å²) in [6.45, 7) is 15.8. The van der Waals surface area contributed by atoms with E-state index >= 15 is 0 Å². The average Bonchev–Trinajstić information content (AvgIpc) is 1.61. The van der Waals surface area contributed by atoms with Crippen LogP contribution in [0.25, 0.3) is 94.6 Å². The molecule has 0 N–H and O–H groups in total. The molecule has 14 nitrogen and oxygen atoms in total. The number of nitrogens with zero attached hydrogens (tertiary/aromatic N) is 14. The van der Waals surface area contributed by atoms with Crippen molar-refractivity contribution in [1.82, 2.24) is 68.9 Å². The highest BCUT2D eigenvalue weighted by Crippen LogP contribution is 2.33. The largest absolute Gasteiger partial charge is 0.344 e. The smallest absolute Gasteiger partial charge is 0.163 e. The Morgan fingerprint density at radius 1 is 0.243 bits per heavy atom. The van der Waals surface area contributed by atoms with Crippen LogP contribution in [0, 0.1) is 55.4 Å². The number of hydrogen-bond acceptors (Lipinski definition) is 12. The molecular weight excluding hydrogens is 1310 g/mol. The number of aryl methyl sites for hydroxylation is 9. The Morgan fingerprint density at radius 2 is 0.692 bits per heavy atom. The maximum atomic E-state index is 4.55. The van der Waals surface area contributed by atoms with Gasteiger partial charge in [0.25, 0.3) is 0 Å². The van der Waals surface area contributed by atoms with Crippen molar-refractivity contribution in [3.63, 3.8) is 0 Å². The van der Waals surface area contributed by atoms with E-state index in [1.165, 1.54) is 66.0 Å². The van der Waals surface area contributed by atoms with Crippen LogP contribution in [0.15, 0.2) is 359 Å². The predicted molar refractivity (Wildman–Crippen MR) is 439 cm³/mol. The first-order chi connectivity index (χ1) is 52.3. The first-order valence-electron chi connectivity index (χ1n) is 35.2. The number of pyridine rings is 3. The van der Waals surface area contributed by atoms with Gasteiger partial charge in [0.05, 0.1) is 28.1 Å². The minimum absolute atomic E-state index is 0.715. The fourth-order valence-electron chi connectivity index (χ4n) is 11.1. The summed E-state index contributed by atoms with van der Waals surface area (Å²) in [4.78, 5) is 49.6. The molecule has 0 saturated heterocycles. The van der Waals surface area contributed by atoms with Crippen molar-refractivity contribution >= 4 is 43.6 Å². The normalized spacial score (nSPS) is 10.1. The van der Waals surface area contributed by atoms with E-state index in [-0.39, 0.29) is 0 Å². The molecule has 0 aliphatic heterocycles. The van der Waals surface area contributed by atoms with E-state index in [0.29, 0.717) is 11.6 Å². The standard InChI is InChI=1S/C19H15N.C17H14N2.C16H13N3.C13H11N.3C6H7N.2C5H6N2/c1-14-11-12-17-16-9-5-6-10-18(16)20(19(17)13-14)15-7-3-2-4-8-15;1-13-18-16(14-8-4-2-5-9-14)12-17(19-13)15-10-6-3-7-11-15;1-12-17-15(13-8-4-2-5-9-13)19-16(18-12)14-10-6-3-7-11-14;1-14-12-8-4-2-6-10(12)11-7-3-5-9-13(11)14;1-6-2-4-7-5-3-6;1-6-3-2-4-7-5-6;1-6-4-2-3-5-7-6;1-5-4-6-2-3-7-5;1-5-6-3-2-4-7-5/h2-13H,1H3;2-12H,1H3;2-11H,1H3;2-9H,1H3;3*2-5H,1H3;2*2-4H,1H3. The van der Waals surface area contributed by atoms with E-state index in [1.54, 1.807) is 61.8 Å². The molecule has 0 aliphatic rings. The van der Waals surface area contributed by atoms with Crippen LogP contribution >= 0.6 is 0 Å². The average molecular weight is 1400 g/mol. The molecule has 14 heteroatoms. The molecule has 9 heterocycles. The molecule has 0 amide bonds. The lowest BCUT2D eigenvalue weighted by Crippen LogP contribution is -1.99. The van der Waals surface area contributed by atoms with E-state index in [9.17, 15) is 0 Å². The Morgan fingerprint density at radius 3 is 1.10 bits per heavy atom. The molecule has 9 aromatic heterocycles. The number of rotatable bonds is 5. The van der Waals surface area contributed by atoms with Gasteiger partial charge in [0.15, 0.2) is 11.6 Å². The van der Waals surface area contributed by atoms with Gasteiger partial charge in [-0.3, -0.25) is 24.9 Å². The maximum Gasteiger partial charge on any atom is 0.163 e. The van der Waals surface area contributed by atoms with Crippen molar-refractivity contribution in [1.29, 1.82) is 0 Å². The molecule has 0 atom stereocenters. The van der Waals surface area contributed by atoms with Crippen molar-refractivity contribution in [2.45, 2.75) is 55.4 Å². The van der Waals surface area contributed by atoms with Crippen LogP contribution in [0.2, 0.25) is 0 Å². The third-order valence-corrected chi connectivity index (χ3v) is 16.3. The van der Waals surface area contributed by atoms with Gasteiger partial charge in [-0.05, 0) is 151 Å². The molecule has 0 fully saturated rings. The highest BCUT2D eigenvalue weighted by Gasteiger charge is 2.13. The monoisotopic (exact) mass is 1400 g/mol. The highest BCUT2D eigenvalue weighted by molar-refractivity contribution is 6.09. The second-order valence-electron chi connectivity index (χ2n) is 24.7. The summed E-state index contributed by atoms with van der Waals surface area (Å²) in [5.41, 5.74) is 18.3. The molecule has 0 unspecified atom stereocenters. The molecule has 9 aromatic carbocycles. The highest BCUT2D eigenvalue weighted by atomic mass is 15.0. The number of aromatic nitrogens is 14. The van der Waals surface area contributed by atoms with Crippen molar-refractivity contribution < 1.29 is 0 Å². The Balaban J connectivity index is 0.000000133. The number of fused-ring (bicyclic) bond motifs is 6. The molecule has 528 valence electrons. The van der Waals surface area contributed by atoms with Crippen LogP contribution in [0.5, 0.6) is 0 Å². The number of benzene rings is 9. The lowest BCUT2D eigenvalue weighted by Gasteiger charge is -2.07. The van der Waals surface area contributed by atoms with Crippen LogP contribution in [-0.2, 0) is 7.05 Å². The third-order valence-electron chi connectivity index (χ3n) is 16.3. The molecular formula is C93H86N14. The summed E-state index contributed by atoms with van der Waals surface area (Å²) >= 11 is 0. The van der Waals surface area contributed by atoms with Gasteiger partial charge in [-0.2, -0.15) is 0 Å². The Labute approximate surface area is 627 Å². The number of hydrogen-bond donors (Lipinski definition) is 0. The molecule has 18 rings (SSSR count). The molecule has 0 bridgehead atoms. The van der Waals surface area contributed by atoms with Crippen LogP contribution < -0.4 is 0 Å². The lowest BCUT2D eigenvalue weighted by molar-refractivity contribution is 0.992. The Kier molecular flexibility index (Phi) is 28.5. The Hall–Kier alpha value is -13.7. The fourth-order valence-corrected chi connectivity index (χ4v) is 11.1. The second kappa shape index (κ2) is 40.2. The van der Waals surface area contributed by atoms with E-state index in [2.05, 4.69) is 229 Å². The zero-order chi connectivity index (χ0) is 74.8. The first kappa shape index (κ1) is 75.9. The second-order valence-corrected chi connectivity index (χ2v) is 24.7. The van der Waals surface area contributed by atoms with Gasteiger partial charge >= 0.3 is 0 Å². The Bertz CT molecular complexity index is 5080. The summed E-state index contributed by atoms with van der Waals surface area (Å²) in [6.07, 6.45) is 17.5. The maximum absolute atomic E-state index is 4.55. The van der Waals surface area contributed by atoms with E-state index in [0.717, 1.165) is 62.5 Å². The van der Waals surface area contributed by atoms with E-state index in [1.807, 2.05) is 200 Å². The molecule has 0 radical (unpaired) electrons. The molecule has 0 saturated carbocycles. The summed E-state index contributed by atoms with van der Waals surface area (Å²) < 4.78 is 4.59. The van der Waals surface area contributed by atoms with Gasteiger partial charge in [-0.15, -0.1) is 0 Å². The summed E-state index contributed by atoms with van der Waals surface area (Å²) in [5.74, 6) is 3.77. The van der Waals surface area contributed by atoms with Crippen molar-refractivity contribution in [3.05, 3.63) is 405 Å². The summed E-state index contributed by atoms with van der Waals surface area (Å²) in [6, 6.07) is 101. The summed E-state index contributed by atoms with van der Waals surface area (Å²) in [5, 5.41) is 5.30. The molecule has 107 heavy (non-hydrogen) atoms. The first-order valence-corrected chi connectivity index (χ1v) is 35.2. The van der Waals surface area contributed by atoms with E-state index in [4.69, 9.17) is 0 Å². The fraction of sp³-hybridized carbons (Fsp3) is 0.0968. The van der Waals surface area contributed by atoms with Gasteiger partial charge in [-0.1, -0.05) is 218 Å². The van der Waals surface area contributed by atoms with Gasteiger partial charge in [-0.25, -0.2) is 34.9 Å². The van der Waals surface area contributed by atoms with Gasteiger partial charge in [0.1, 0.15) is 17.5 Å². The molecule has 18 aromatic rings. The minimum atomic E-state index is 0.715. The lowest BCUT2D eigenvalue weighted by atomic mass is 10.1. The topological polar surface area (TPSA) is 165 Å². The predicted octanol–water partition coefficient (Wildman–Crippen LogP) is 21.8. The molecule has 0 aliphatic carbocycles. The SMILES string of the molecule is Cc1ccc2c3ccccc3n(-c3ccccc3)c2c1.Cc1ccccn1.Cc1cccnc1.Cc1ccncc1.Cc1cnccn1.Cc1nc(-c2ccccc2)cc(-c2ccccc2)n1.Cc1nc(-c2ccccc2)nc(-c2ccccc2)n1.Cc1ncccn1.Cn1c2ccccc2c2ccccc21. The van der Waals surface area contributed by atoms with E-state index < -0.39 is 0 Å². The van der Waals surface area contributed by atoms with Crippen LogP contribution in [0.1, 0.15) is 45.6 Å². The van der Waals surface area contributed by atoms with Crippen molar-refractivity contribution in [2.24, 2.45) is 7.05 Å². The number of para-hydroxylation sites is 4. The van der Waals surface area contributed by atoms with Gasteiger partial charge in [0, 0.05) is 135 Å². The zero-order valence-corrected chi connectivity index (χ0v) is 61.8. The van der Waals surface area contributed by atoms with Gasteiger partial charge < -0.3 is 9.13 Å². The third kappa shape index (κ3) is 23.1. The van der Waals surface area contributed by atoms with Crippen LogP contribution in [-0.4, -0.2) is 68.9 Å². The summed E-state index contributed by atoms with van der Waals surface area (Å²) in [7, 11) is 2.12. The zero-order valence-electron chi connectivity index (χ0n) is 61.8. The van der Waals surface area contributed by atoms with Crippen LogP contribution in [0.3, 0.4) is 0 Å². The van der Waals surface area contributed by atoms with Crippen molar-refractivity contribution in [2.75, 3.05) is 0 Å². The van der Waals surface area contributed by atoms with Crippen molar-refractivity contribution in [3.8, 4) is 51.0 Å².